The Morgan fingerprint density at radius 1 is 0.919 bits per heavy atom. The Hall–Kier alpha value is -2.01. The van der Waals surface area contributed by atoms with Crippen LogP contribution in [0.15, 0.2) is 42.5 Å². The number of aromatic hydroxyl groups is 1. The van der Waals surface area contributed by atoms with Gasteiger partial charge < -0.3 is 25.4 Å². The van der Waals surface area contributed by atoms with Crippen molar-refractivity contribution in [3.8, 4) is 5.75 Å². The first-order valence-electron chi connectivity index (χ1n) is 13.2. The van der Waals surface area contributed by atoms with E-state index in [1.54, 1.807) is 12.1 Å². The Morgan fingerprint density at radius 3 is 2.35 bits per heavy atom. The zero-order valence-corrected chi connectivity index (χ0v) is 22.8. The second kappa shape index (κ2) is 17.5. The largest absolute Gasteiger partial charge is 0.508 e. The molecule has 8 nitrogen and oxygen atoms in total. The van der Waals surface area contributed by atoms with Gasteiger partial charge in [0.25, 0.3) is 0 Å². The number of aliphatic hydroxyl groups excluding tert-OH is 2. The zero-order chi connectivity index (χ0) is 26.9. The van der Waals surface area contributed by atoms with Gasteiger partial charge in [-0.05, 0) is 80.9 Å². The molecule has 9 heteroatoms. The molecule has 0 aliphatic carbocycles. The number of ether oxygens (including phenoxy) is 1. The summed E-state index contributed by atoms with van der Waals surface area (Å²) in [6.45, 7) is 2.54. The lowest BCUT2D eigenvalue weighted by molar-refractivity contribution is 0.126. The van der Waals surface area contributed by atoms with Crippen molar-refractivity contribution in [1.29, 1.82) is 0 Å². The summed E-state index contributed by atoms with van der Waals surface area (Å²) in [6.07, 6.45) is 7.14. The Morgan fingerprint density at radius 2 is 1.62 bits per heavy atom. The monoisotopic (exact) mass is 536 g/mol. The minimum absolute atomic E-state index is 0.0371. The van der Waals surface area contributed by atoms with Crippen LogP contribution in [0.5, 0.6) is 5.75 Å². The smallest absolute Gasteiger partial charge is 0.211 e. The normalized spacial score (nSPS) is 12.6. The van der Waals surface area contributed by atoms with Crippen molar-refractivity contribution in [3.63, 3.8) is 0 Å². The number of nitrogens with one attached hydrogen (secondary N) is 2. The fourth-order valence-electron chi connectivity index (χ4n) is 4.03. The number of aryl methyl sites for hydroxylation is 2. The van der Waals surface area contributed by atoms with Gasteiger partial charge in [0.15, 0.2) is 0 Å². The van der Waals surface area contributed by atoms with Crippen LogP contribution in [-0.2, 0) is 34.2 Å². The van der Waals surface area contributed by atoms with Crippen LogP contribution in [0.25, 0.3) is 0 Å². The van der Waals surface area contributed by atoms with Crippen LogP contribution in [0.4, 0.5) is 0 Å². The lowest BCUT2D eigenvalue weighted by atomic mass is 10.0. The Labute approximate surface area is 222 Å². The topological polar surface area (TPSA) is 128 Å². The Kier molecular flexibility index (Phi) is 14.8. The molecule has 0 aromatic heterocycles. The van der Waals surface area contributed by atoms with Crippen molar-refractivity contribution >= 4 is 10.0 Å². The van der Waals surface area contributed by atoms with E-state index in [9.17, 15) is 23.7 Å². The quantitative estimate of drug-likeness (QED) is 0.164. The van der Waals surface area contributed by atoms with E-state index in [-0.39, 0.29) is 18.1 Å². The molecule has 0 heterocycles. The van der Waals surface area contributed by atoms with Crippen molar-refractivity contribution in [2.45, 2.75) is 64.1 Å². The predicted octanol–water partition coefficient (Wildman–Crippen LogP) is 3.20. The summed E-state index contributed by atoms with van der Waals surface area (Å²) in [5.41, 5.74) is 3.38. The summed E-state index contributed by atoms with van der Waals surface area (Å²) in [6, 6.07) is 13.0. The van der Waals surface area contributed by atoms with Gasteiger partial charge in [0, 0.05) is 25.3 Å². The minimum Gasteiger partial charge on any atom is -0.508 e. The highest BCUT2D eigenvalue weighted by atomic mass is 32.2. The molecular formula is C28H44N2O6S. The van der Waals surface area contributed by atoms with E-state index in [1.165, 1.54) is 18.7 Å². The van der Waals surface area contributed by atoms with E-state index in [1.807, 2.05) is 12.1 Å². The number of rotatable bonds is 20. The molecule has 0 aliphatic rings. The molecule has 0 aliphatic heterocycles. The Balaban J connectivity index is 1.43. The first-order chi connectivity index (χ1) is 17.8. The first kappa shape index (κ1) is 31.2. The summed E-state index contributed by atoms with van der Waals surface area (Å²) in [7, 11) is -1.74. The van der Waals surface area contributed by atoms with Crippen LogP contribution in [0.1, 0.15) is 66.9 Å². The maximum absolute atomic E-state index is 11.6. The van der Waals surface area contributed by atoms with Crippen LogP contribution in [0, 0.1) is 0 Å². The van der Waals surface area contributed by atoms with Gasteiger partial charge in [-0.15, -0.1) is 0 Å². The van der Waals surface area contributed by atoms with Gasteiger partial charge in [-0.2, -0.15) is 0 Å². The summed E-state index contributed by atoms with van der Waals surface area (Å²) in [5, 5.41) is 32.4. The molecule has 5 N–H and O–H groups in total. The highest BCUT2D eigenvalue weighted by Gasteiger charge is 2.10. The maximum Gasteiger partial charge on any atom is 0.211 e. The molecule has 2 aromatic rings. The molecule has 0 radical (unpaired) electrons. The number of unbranched alkanes of at least 4 members (excludes halogenated alkanes) is 4. The van der Waals surface area contributed by atoms with Crippen LogP contribution >= 0.6 is 0 Å². The molecule has 37 heavy (non-hydrogen) atoms. The summed E-state index contributed by atoms with van der Waals surface area (Å²) >= 11 is 0. The molecule has 0 bridgehead atoms. The second-order valence-electron chi connectivity index (χ2n) is 9.34. The highest BCUT2D eigenvalue weighted by Crippen LogP contribution is 2.22. The number of sulfonamides is 1. The summed E-state index contributed by atoms with van der Waals surface area (Å²) < 4.78 is 31.3. The van der Waals surface area contributed by atoms with Gasteiger partial charge >= 0.3 is 0 Å². The van der Waals surface area contributed by atoms with E-state index in [4.69, 9.17) is 4.74 Å². The fraction of sp³-hybridized carbons (Fsp3) is 0.571. The lowest BCUT2D eigenvalue weighted by Crippen LogP contribution is -2.23. The van der Waals surface area contributed by atoms with Gasteiger partial charge in [0.2, 0.25) is 10.0 Å². The van der Waals surface area contributed by atoms with Gasteiger partial charge in [-0.1, -0.05) is 43.2 Å². The molecule has 0 unspecified atom stereocenters. The van der Waals surface area contributed by atoms with Crippen LogP contribution < -0.4 is 10.0 Å². The third kappa shape index (κ3) is 12.9. The van der Waals surface area contributed by atoms with E-state index in [0.29, 0.717) is 24.1 Å². The predicted molar refractivity (Wildman–Crippen MR) is 147 cm³/mol. The number of aliphatic hydroxyl groups is 2. The van der Waals surface area contributed by atoms with Gasteiger partial charge in [-0.3, -0.25) is 0 Å². The van der Waals surface area contributed by atoms with E-state index in [2.05, 4.69) is 22.2 Å². The average Bonchev–Trinajstić information content (AvgIpc) is 2.90. The molecule has 0 amide bonds. The molecule has 0 fully saturated rings. The van der Waals surface area contributed by atoms with Gasteiger partial charge in [0.05, 0.1) is 18.5 Å². The minimum atomic E-state index is -3.18. The number of phenols is 1. The van der Waals surface area contributed by atoms with Crippen molar-refractivity contribution in [3.05, 3.63) is 64.7 Å². The molecule has 0 spiro atoms. The van der Waals surface area contributed by atoms with Crippen LogP contribution in [0.3, 0.4) is 0 Å². The van der Waals surface area contributed by atoms with Crippen LogP contribution in [-0.4, -0.2) is 62.8 Å². The molecule has 2 aromatic carbocycles. The van der Waals surface area contributed by atoms with Crippen molar-refractivity contribution in [2.24, 2.45) is 0 Å². The summed E-state index contributed by atoms with van der Waals surface area (Å²) in [4.78, 5) is 0. The standard InChI is InChI=1S/C28H44N2O6S/c1-29-37(34,35)18-14-24-11-8-10-23(19-24)9-4-7-17-36-16-6-3-2-5-15-30-21-28(33)25-12-13-27(32)26(20-25)22-31/h8,10-13,19-20,28-33H,2-7,9,14-18,21-22H2,1H3/t28-/m0/s1. The third-order valence-electron chi connectivity index (χ3n) is 6.35. The van der Waals surface area contributed by atoms with E-state index in [0.717, 1.165) is 70.3 Å². The number of hydrogen-bond donors (Lipinski definition) is 5. The fourth-order valence-corrected chi connectivity index (χ4v) is 4.74. The van der Waals surface area contributed by atoms with E-state index >= 15 is 0 Å². The number of hydrogen-bond acceptors (Lipinski definition) is 7. The van der Waals surface area contributed by atoms with Gasteiger partial charge in [-0.25, -0.2) is 13.1 Å². The molecule has 0 saturated carbocycles. The zero-order valence-electron chi connectivity index (χ0n) is 22.0. The molecule has 2 rings (SSSR count). The van der Waals surface area contributed by atoms with Crippen molar-refractivity contribution in [1.82, 2.24) is 10.0 Å². The molecular weight excluding hydrogens is 492 g/mol. The highest BCUT2D eigenvalue weighted by molar-refractivity contribution is 7.89. The lowest BCUT2D eigenvalue weighted by Gasteiger charge is -2.14. The van der Waals surface area contributed by atoms with Crippen molar-refractivity contribution in [2.75, 3.05) is 39.1 Å². The molecule has 0 saturated heterocycles. The second-order valence-corrected chi connectivity index (χ2v) is 11.4. The van der Waals surface area contributed by atoms with E-state index < -0.39 is 16.1 Å². The van der Waals surface area contributed by atoms with Crippen LogP contribution in [0.2, 0.25) is 0 Å². The number of benzene rings is 2. The Bertz CT molecular complexity index is 1020. The average molecular weight is 537 g/mol. The third-order valence-corrected chi connectivity index (χ3v) is 7.72. The SMILES string of the molecule is CNS(=O)(=O)CCc1cccc(CCCCOCCCCCCNC[C@H](O)c2ccc(O)c(CO)c2)c1. The van der Waals surface area contributed by atoms with Crippen molar-refractivity contribution < 1.29 is 28.5 Å². The summed E-state index contributed by atoms with van der Waals surface area (Å²) in [5.74, 6) is 0.143. The first-order valence-corrected chi connectivity index (χ1v) is 14.9. The molecule has 208 valence electrons. The maximum atomic E-state index is 11.6. The van der Waals surface area contributed by atoms with Gasteiger partial charge in [0.1, 0.15) is 5.75 Å². The molecule has 1 atom stereocenters.